The second kappa shape index (κ2) is 6.86. The zero-order chi connectivity index (χ0) is 19.8. The van der Waals surface area contributed by atoms with Crippen molar-refractivity contribution in [3.8, 4) is 16.9 Å². The minimum Gasteiger partial charge on any atom is -0.465 e. The molecule has 0 aliphatic heterocycles. The molecule has 0 saturated heterocycles. The first-order valence-corrected chi connectivity index (χ1v) is 7.84. The average Bonchev–Trinajstić information content (AvgIpc) is 2.98. The summed E-state index contributed by atoms with van der Waals surface area (Å²) in [7, 11) is 1.20. The number of esters is 1. The van der Waals surface area contributed by atoms with Crippen molar-refractivity contribution in [3.05, 3.63) is 71.2 Å². The van der Waals surface area contributed by atoms with Gasteiger partial charge in [0.05, 0.1) is 24.1 Å². The number of benzene rings is 2. The van der Waals surface area contributed by atoms with Crippen LogP contribution in [-0.4, -0.2) is 22.9 Å². The van der Waals surface area contributed by atoms with Crippen LogP contribution in [0.15, 0.2) is 48.5 Å². The van der Waals surface area contributed by atoms with E-state index in [-0.39, 0.29) is 11.3 Å². The molecule has 0 aliphatic rings. The van der Waals surface area contributed by atoms with E-state index < -0.39 is 23.5 Å². The molecule has 0 N–H and O–H groups in total. The van der Waals surface area contributed by atoms with Crippen LogP contribution in [0.4, 0.5) is 17.6 Å². The molecule has 0 unspecified atom stereocenters. The number of alkyl halides is 3. The Balaban J connectivity index is 2.16. The number of rotatable bonds is 3. The fourth-order valence-corrected chi connectivity index (χ4v) is 2.73. The fraction of sp³-hybridized carbons (Fsp3) is 0.158. The quantitative estimate of drug-likeness (QED) is 0.486. The number of halogens is 4. The number of carbonyl (C=O) groups excluding carboxylic acids is 1. The molecular weight excluding hydrogens is 364 g/mol. The van der Waals surface area contributed by atoms with Gasteiger partial charge in [0.25, 0.3) is 0 Å². The normalized spacial score (nSPS) is 11.5. The summed E-state index contributed by atoms with van der Waals surface area (Å²) in [5, 5.41) is 4.32. The number of aromatic nitrogens is 2. The molecular formula is C19H14F4N2O2. The highest BCUT2D eigenvalue weighted by molar-refractivity contribution is 5.97. The Kier molecular flexibility index (Phi) is 4.73. The molecule has 0 fully saturated rings. The van der Waals surface area contributed by atoms with Crippen LogP contribution >= 0.6 is 0 Å². The van der Waals surface area contributed by atoms with Gasteiger partial charge in [-0.2, -0.15) is 18.3 Å². The van der Waals surface area contributed by atoms with E-state index in [2.05, 4.69) is 5.10 Å². The maximum atomic E-state index is 13.6. The van der Waals surface area contributed by atoms with E-state index >= 15 is 0 Å². The van der Waals surface area contributed by atoms with Gasteiger partial charge in [0.1, 0.15) is 17.1 Å². The van der Waals surface area contributed by atoms with Crippen LogP contribution < -0.4 is 0 Å². The number of nitrogens with zero attached hydrogens (tertiary/aromatic N) is 2. The highest BCUT2D eigenvalue weighted by Crippen LogP contribution is 2.31. The molecule has 0 saturated carbocycles. The van der Waals surface area contributed by atoms with Crippen molar-refractivity contribution < 1.29 is 27.1 Å². The standard InChI is InChI=1S/C19H14F4N2O2/c1-11-16(18(26)27-2)17(12-4-3-5-14(20)10-12)24-25(11)15-8-6-13(7-9-15)19(21,22)23/h3-10H,1-2H3. The molecule has 8 heteroatoms. The van der Waals surface area contributed by atoms with Crippen LogP contribution in [-0.2, 0) is 10.9 Å². The van der Waals surface area contributed by atoms with Gasteiger partial charge in [-0.3, -0.25) is 0 Å². The monoisotopic (exact) mass is 378 g/mol. The molecule has 140 valence electrons. The van der Waals surface area contributed by atoms with Crippen LogP contribution in [0.25, 0.3) is 16.9 Å². The van der Waals surface area contributed by atoms with Crippen LogP contribution in [0, 0.1) is 12.7 Å². The lowest BCUT2D eigenvalue weighted by molar-refractivity contribution is -0.137. The highest BCUT2D eigenvalue weighted by atomic mass is 19.4. The third-order valence-corrected chi connectivity index (χ3v) is 4.04. The summed E-state index contributed by atoms with van der Waals surface area (Å²) in [5.74, 6) is -1.19. The Morgan fingerprint density at radius 3 is 2.33 bits per heavy atom. The third kappa shape index (κ3) is 3.55. The minimum absolute atomic E-state index is 0.114. The Hall–Kier alpha value is -3.16. The van der Waals surface area contributed by atoms with Crippen molar-refractivity contribution in [1.82, 2.24) is 9.78 Å². The maximum Gasteiger partial charge on any atom is 0.416 e. The van der Waals surface area contributed by atoms with Gasteiger partial charge in [-0.15, -0.1) is 0 Å². The summed E-state index contributed by atoms with van der Waals surface area (Å²) in [5.41, 5.74) is 0.537. The molecule has 2 aromatic carbocycles. The van der Waals surface area contributed by atoms with Crippen molar-refractivity contribution in [2.75, 3.05) is 7.11 Å². The van der Waals surface area contributed by atoms with Crippen molar-refractivity contribution >= 4 is 5.97 Å². The molecule has 0 bridgehead atoms. The van der Waals surface area contributed by atoms with E-state index in [1.165, 1.54) is 42.1 Å². The van der Waals surface area contributed by atoms with Gasteiger partial charge in [-0.25, -0.2) is 13.9 Å². The van der Waals surface area contributed by atoms with Crippen molar-refractivity contribution in [2.24, 2.45) is 0 Å². The molecule has 4 nitrogen and oxygen atoms in total. The summed E-state index contributed by atoms with van der Waals surface area (Å²) in [4.78, 5) is 12.2. The summed E-state index contributed by atoms with van der Waals surface area (Å²) in [6.45, 7) is 1.58. The topological polar surface area (TPSA) is 44.1 Å². The Morgan fingerprint density at radius 1 is 1.11 bits per heavy atom. The lowest BCUT2D eigenvalue weighted by Crippen LogP contribution is -2.07. The first-order valence-electron chi connectivity index (χ1n) is 7.84. The SMILES string of the molecule is COC(=O)c1c(-c2cccc(F)c2)nn(-c2ccc(C(F)(F)F)cc2)c1C. The zero-order valence-electron chi connectivity index (χ0n) is 14.3. The van der Waals surface area contributed by atoms with Gasteiger partial charge < -0.3 is 4.74 Å². The summed E-state index contributed by atoms with van der Waals surface area (Å²) in [6, 6.07) is 9.86. The van der Waals surface area contributed by atoms with Crippen LogP contribution in [0.1, 0.15) is 21.6 Å². The van der Waals surface area contributed by atoms with E-state index in [0.717, 1.165) is 12.1 Å². The van der Waals surface area contributed by atoms with E-state index in [1.807, 2.05) is 0 Å². The van der Waals surface area contributed by atoms with Gasteiger partial charge in [0.15, 0.2) is 0 Å². The van der Waals surface area contributed by atoms with Crippen molar-refractivity contribution in [1.29, 1.82) is 0 Å². The van der Waals surface area contributed by atoms with Crippen LogP contribution in [0.3, 0.4) is 0 Å². The minimum atomic E-state index is -4.46. The molecule has 27 heavy (non-hydrogen) atoms. The largest absolute Gasteiger partial charge is 0.465 e. The van der Waals surface area contributed by atoms with Gasteiger partial charge in [0.2, 0.25) is 0 Å². The second-order valence-electron chi connectivity index (χ2n) is 5.77. The Labute approximate surface area is 152 Å². The number of ether oxygens (including phenoxy) is 1. The first-order chi connectivity index (χ1) is 12.7. The van der Waals surface area contributed by atoms with E-state index in [1.54, 1.807) is 13.0 Å². The highest BCUT2D eigenvalue weighted by Gasteiger charge is 2.30. The average molecular weight is 378 g/mol. The summed E-state index contributed by atoms with van der Waals surface area (Å²) in [6.07, 6.45) is -4.46. The first kappa shape index (κ1) is 18.6. The van der Waals surface area contributed by atoms with Crippen LogP contribution in [0.2, 0.25) is 0 Å². The smallest absolute Gasteiger partial charge is 0.416 e. The lowest BCUT2D eigenvalue weighted by atomic mass is 10.1. The number of hydrogen-bond acceptors (Lipinski definition) is 3. The molecule has 1 aromatic heterocycles. The number of hydrogen-bond donors (Lipinski definition) is 0. The van der Waals surface area contributed by atoms with Gasteiger partial charge >= 0.3 is 12.1 Å². The predicted molar refractivity (Wildman–Crippen MR) is 90.0 cm³/mol. The zero-order valence-corrected chi connectivity index (χ0v) is 14.3. The van der Waals surface area contributed by atoms with Gasteiger partial charge in [-0.1, -0.05) is 12.1 Å². The van der Waals surface area contributed by atoms with E-state index in [4.69, 9.17) is 4.74 Å². The van der Waals surface area contributed by atoms with E-state index in [0.29, 0.717) is 16.9 Å². The molecule has 3 rings (SSSR count). The van der Waals surface area contributed by atoms with Gasteiger partial charge in [-0.05, 0) is 43.3 Å². The van der Waals surface area contributed by atoms with E-state index in [9.17, 15) is 22.4 Å². The molecule has 0 radical (unpaired) electrons. The van der Waals surface area contributed by atoms with Crippen molar-refractivity contribution in [3.63, 3.8) is 0 Å². The Morgan fingerprint density at radius 2 is 1.78 bits per heavy atom. The fourth-order valence-electron chi connectivity index (χ4n) is 2.73. The number of methoxy groups -OCH3 is 1. The second-order valence-corrected chi connectivity index (χ2v) is 5.77. The van der Waals surface area contributed by atoms with Crippen molar-refractivity contribution in [2.45, 2.75) is 13.1 Å². The van der Waals surface area contributed by atoms with Gasteiger partial charge in [0, 0.05) is 5.56 Å². The Bertz CT molecular complexity index is 992. The number of carbonyl (C=O) groups is 1. The summed E-state index contributed by atoms with van der Waals surface area (Å²) < 4.78 is 58.0. The molecule has 0 aliphatic carbocycles. The summed E-state index contributed by atoms with van der Waals surface area (Å²) >= 11 is 0. The third-order valence-electron chi connectivity index (χ3n) is 4.04. The molecule has 1 heterocycles. The maximum absolute atomic E-state index is 13.6. The molecule has 0 amide bonds. The lowest BCUT2D eigenvalue weighted by Gasteiger charge is -2.09. The molecule has 0 spiro atoms. The molecule has 3 aromatic rings. The van der Waals surface area contributed by atoms with Crippen LogP contribution in [0.5, 0.6) is 0 Å². The molecule has 0 atom stereocenters. The predicted octanol–water partition coefficient (Wildman–Crippen LogP) is 4.79.